The van der Waals surface area contributed by atoms with Crippen LogP contribution in [0.4, 0.5) is 0 Å². The van der Waals surface area contributed by atoms with E-state index in [1.807, 2.05) is 0 Å². The fourth-order valence-electron chi connectivity index (χ4n) is 0.412. The predicted molar refractivity (Wildman–Crippen MR) is 35.8 cm³/mol. The largest absolute Gasteiger partial charge is 0.323 e. The molecule has 1 atom stereocenters. The number of nitrogens with two attached hydrogens (primary N) is 1. The van der Waals surface area contributed by atoms with Crippen molar-refractivity contribution in [3.05, 3.63) is 17.9 Å². The molecule has 0 saturated carbocycles. The molecule has 0 aliphatic rings. The fraction of sp³-hybridized carbons (Fsp3) is 0.500. The van der Waals surface area contributed by atoms with Crippen molar-refractivity contribution in [2.24, 2.45) is 12.7 Å². The molecular formula is C6H11N3. The molecule has 1 unspecified atom stereocenters. The Balaban J connectivity index is 3.59. The van der Waals surface area contributed by atoms with E-state index in [1.165, 1.54) is 0 Å². The van der Waals surface area contributed by atoms with Gasteiger partial charge in [-0.25, -0.2) is 0 Å². The van der Waals surface area contributed by atoms with Crippen LogP contribution in [0.25, 0.3) is 0 Å². The number of rotatable bonds is 1. The molecule has 0 saturated heterocycles. The summed E-state index contributed by atoms with van der Waals surface area (Å²) in [6, 6.07) is -3.61. The molecule has 1 aromatic rings. The molecule has 3 heteroatoms. The highest BCUT2D eigenvalue weighted by molar-refractivity contribution is 5.03. The first-order valence-electron chi connectivity index (χ1n) is 6.66. The zero-order chi connectivity index (χ0) is 14.5. The van der Waals surface area contributed by atoms with Crippen molar-refractivity contribution in [1.29, 1.82) is 0 Å². The summed E-state index contributed by atoms with van der Waals surface area (Å²) in [5.41, 5.74) is 4.49. The van der Waals surface area contributed by atoms with Crippen molar-refractivity contribution in [2.75, 3.05) is 0 Å². The number of hydrogen-bond acceptors (Lipinski definition) is 2. The second kappa shape index (κ2) is 2.19. The van der Waals surface area contributed by atoms with Gasteiger partial charge in [0.1, 0.15) is 0 Å². The highest BCUT2D eigenvalue weighted by Gasteiger charge is 2.01. The Kier molecular flexibility index (Phi) is 0.346. The summed E-state index contributed by atoms with van der Waals surface area (Å²) in [6.45, 7) is -5.97. The maximum atomic E-state index is 7.59. The number of hydrogen-bond donors (Lipinski definition) is 1. The van der Waals surface area contributed by atoms with E-state index in [1.54, 1.807) is 0 Å². The lowest BCUT2D eigenvalue weighted by atomic mass is 10.2. The molecular weight excluding hydrogens is 114 g/mol. The minimum Gasteiger partial charge on any atom is -0.323 e. The van der Waals surface area contributed by atoms with Gasteiger partial charge in [0.15, 0.2) is 0 Å². The number of nitrogens with zero attached hydrogens (tertiary/aromatic N) is 2. The van der Waals surface area contributed by atoms with Crippen LogP contribution in [-0.4, -0.2) is 9.78 Å². The highest BCUT2D eigenvalue weighted by atomic mass is 15.3. The summed E-state index contributed by atoms with van der Waals surface area (Å²) >= 11 is 0. The third-order valence-electron chi connectivity index (χ3n) is 0.791. The predicted octanol–water partition coefficient (Wildman–Crippen LogP) is 0.440. The van der Waals surface area contributed by atoms with Crippen LogP contribution in [0.1, 0.15) is 30.9 Å². The molecule has 1 rings (SSSR count). The van der Waals surface area contributed by atoms with Gasteiger partial charge in [0.05, 0.1) is 9.81 Å². The number of aromatic nitrogens is 2. The average Bonchev–Trinajstić information content (AvgIpc) is 2.41. The molecule has 3 nitrogen and oxygen atoms in total. The molecule has 0 amide bonds. The molecule has 1 aromatic heterocycles. The first kappa shape index (κ1) is 1.42. The van der Waals surface area contributed by atoms with E-state index in [0.29, 0.717) is 0 Å². The van der Waals surface area contributed by atoms with Gasteiger partial charge >= 0.3 is 0 Å². The Bertz CT molecular complexity index is 454. The molecule has 0 aliphatic carbocycles. The molecule has 0 spiro atoms. The van der Waals surface area contributed by atoms with E-state index >= 15 is 0 Å². The third kappa shape index (κ3) is 1.10. The van der Waals surface area contributed by atoms with E-state index in [2.05, 4.69) is 5.10 Å². The van der Waals surface area contributed by atoms with E-state index in [-0.39, 0.29) is 4.68 Å². The molecule has 9 heavy (non-hydrogen) atoms. The van der Waals surface area contributed by atoms with Crippen LogP contribution >= 0.6 is 0 Å². The van der Waals surface area contributed by atoms with Gasteiger partial charge in [-0.2, -0.15) is 5.10 Å². The molecule has 50 valence electrons. The van der Waals surface area contributed by atoms with Gasteiger partial charge in [0.2, 0.25) is 0 Å². The standard InChI is InChI=1S/C6H11N3/c1-5(7)6-3-4-8-9(6)2/h3-5H,7H2,1-2H3/i1D3,2D3,3D,4D,5D. The van der Waals surface area contributed by atoms with Crippen LogP contribution in [-0.2, 0) is 6.98 Å². The van der Waals surface area contributed by atoms with Gasteiger partial charge in [0.25, 0.3) is 0 Å². The Hall–Kier alpha value is -0.830. The fourth-order valence-corrected chi connectivity index (χ4v) is 0.412. The van der Waals surface area contributed by atoms with E-state index in [4.69, 9.17) is 18.1 Å². The highest BCUT2D eigenvalue weighted by Crippen LogP contribution is 2.05. The SMILES string of the molecule is [2H]c1nn(C([2H])([2H])[2H])c(C([2H])(N)C([2H])([2H])[2H])c1[2H]. The summed E-state index contributed by atoms with van der Waals surface area (Å²) in [4.78, 5) is 0. The van der Waals surface area contributed by atoms with Gasteiger partial charge in [0, 0.05) is 27.4 Å². The van der Waals surface area contributed by atoms with Gasteiger partial charge < -0.3 is 5.73 Å². The lowest BCUT2D eigenvalue weighted by Gasteiger charge is -2.03. The summed E-state index contributed by atoms with van der Waals surface area (Å²) in [5.74, 6) is 0. The van der Waals surface area contributed by atoms with Crippen LogP contribution in [0.3, 0.4) is 0 Å². The van der Waals surface area contributed by atoms with E-state index in [9.17, 15) is 0 Å². The summed E-state index contributed by atoms with van der Waals surface area (Å²) in [6.07, 6.45) is -0.743. The van der Waals surface area contributed by atoms with Crippen LogP contribution in [0.5, 0.6) is 0 Å². The van der Waals surface area contributed by atoms with Crippen molar-refractivity contribution in [2.45, 2.75) is 12.9 Å². The van der Waals surface area contributed by atoms with Crippen molar-refractivity contribution < 1.29 is 12.3 Å². The number of aryl methyl sites for hydroxylation is 1. The molecule has 0 aromatic carbocycles. The first-order chi connectivity index (χ1) is 7.80. The lowest BCUT2D eigenvalue weighted by molar-refractivity contribution is 0.654. The van der Waals surface area contributed by atoms with Crippen LogP contribution < -0.4 is 5.73 Å². The zero-order valence-corrected chi connectivity index (χ0v) is 4.47. The summed E-state index contributed by atoms with van der Waals surface area (Å²) < 4.78 is 65.3. The quantitative estimate of drug-likeness (QED) is 0.605. The Morgan fingerprint density at radius 1 is 2.22 bits per heavy atom. The second-order valence-electron chi connectivity index (χ2n) is 1.41. The Morgan fingerprint density at radius 3 is 3.78 bits per heavy atom. The Morgan fingerprint density at radius 2 is 3.11 bits per heavy atom. The molecule has 0 aliphatic heterocycles. The van der Waals surface area contributed by atoms with Gasteiger partial charge in [-0.15, -0.1) is 0 Å². The van der Waals surface area contributed by atoms with Crippen molar-refractivity contribution in [1.82, 2.24) is 9.78 Å². The van der Waals surface area contributed by atoms with Crippen LogP contribution in [0, 0.1) is 0 Å². The minimum atomic E-state index is -3.06. The molecule has 0 fully saturated rings. The minimum absolute atomic E-state index is 0.178. The Labute approximate surface area is 67.1 Å². The molecule has 2 N–H and O–H groups in total. The van der Waals surface area contributed by atoms with Gasteiger partial charge in [-0.3, -0.25) is 4.68 Å². The molecule has 1 heterocycles. The third-order valence-corrected chi connectivity index (χ3v) is 0.791. The lowest BCUT2D eigenvalue weighted by Crippen LogP contribution is -2.10. The topological polar surface area (TPSA) is 43.8 Å². The van der Waals surface area contributed by atoms with Crippen LogP contribution in [0.2, 0.25) is 0 Å². The monoisotopic (exact) mass is 134 g/mol. The van der Waals surface area contributed by atoms with Crippen molar-refractivity contribution in [3.8, 4) is 0 Å². The second-order valence-corrected chi connectivity index (χ2v) is 1.41. The first-order valence-corrected chi connectivity index (χ1v) is 2.16. The van der Waals surface area contributed by atoms with Crippen LogP contribution in [0.15, 0.2) is 12.2 Å². The maximum absolute atomic E-state index is 7.59. The zero-order valence-electron chi connectivity index (χ0n) is 13.5. The van der Waals surface area contributed by atoms with Crippen molar-refractivity contribution in [3.63, 3.8) is 0 Å². The average molecular weight is 134 g/mol. The maximum Gasteiger partial charge on any atom is 0.0860 e. The summed E-state index contributed by atoms with van der Waals surface area (Å²) in [5, 5.41) is 3.24. The van der Waals surface area contributed by atoms with Gasteiger partial charge in [-0.1, -0.05) is 0 Å². The molecule has 0 radical (unpaired) electrons. The smallest absolute Gasteiger partial charge is 0.0860 e. The summed E-state index contributed by atoms with van der Waals surface area (Å²) in [7, 11) is 0. The van der Waals surface area contributed by atoms with E-state index < -0.39 is 37.8 Å². The normalized spacial score (nSPS) is 34.6. The van der Waals surface area contributed by atoms with E-state index in [0.717, 1.165) is 0 Å². The molecule has 0 bridgehead atoms. The van der Waals surface area contributed by atoms with Gasteiger partial charge in [-0.05, 0) is 12.9 Å². The van der Waals surface area contributed by atoms with Crippen molar-refractivity contribution >= 4 is 0 Å².